The molecule has 0 bridgehead atoms. The van der Waals surface area contributed by atoms with E-state index in [4.69, 9.17) is 5.14 Å². The van der Waals surface area contributed by atoms with Crippen LogP contribution in [0.4, 0.5) is 0 Å². The molecule has 0 spiro atoms. The van der Waals surface area contributed by atoms with Crippen LogP contribution in [0.25, 0.3) is 11.0 Å². The van der Waals surface area contributed by atoms with Gasteiger partial charge in [-0.1, -0.05) is 31.5 Å². The average molecular weight is 382 g/mol. The molecule has 0 aliphatic heterocycles. The normalized spacial score (nSPS) is 18.8. The van der Waals surface area contributed by atoms with Gasteiger partial charge in [0.25, 0.3) is 0 Å². The third kappa shape index (κ3) is 4.07. The summed E-state index contributed by atoms with van der Waals surface area (Å²) in [6, 6.07) is 4.78. The molecule has 0 unspecified atom stereocenters. The average Bonchev–Trinajstić information content (AvgIpc) is 2.90. The number of nitrogens with two attached hydrogens (primary N) is 1. The van der Waals surface area contributed by atoms with Gasteiger partial charge in [-0.25, -0.2) is 18.5 Å². The van der Waals surface area contributed by atoms with Gasteiger partial charge in [0.05, 0.1) is 21.2 Å². The molecule has 1 aromatic heterocycles. The van der Waals surface area contributed by atoms with E-state index in [0.717, 1.165) is 49.3 Å². The summed E-state index contributed by atoms with van der Waals surface area (Å²) in [5, 5.41) is 5.96. The third-order valence-corrected chi connectivity index (χ3v) is 6.71. The summed E-state index contributed by atoms with van der Waals surface area (Å²) in [7, 11) is -3.76. The quantitative estimate of drug-likeness (QED) is 0.829. The molecule has 25 heavy (non-hydrogen) atoms. The smallest absolute Gasteiger partial charge is 0.238 e. The van der Waals surface area contributed by atoms with Crippen LogP contribution in [-0.4, -0.2) is 29.0 Å². The Bertz CT molecular complexity index is 890. The predicted molar refractivity (Wildman–Crippen MR) is 99.1 cm³/mol. The van der Waals surface area contributed by atoms with E-state index in [1.807, 2.05) is 0 Å². The van der Waals surface area contributed by atoms with Crippen LogP contribution in [0.5, 0.6) is 0 Å². The van der Waals surface area contributed by atoms with Crippen LogP contribution in [0.2, 0.25) is 0 Å². The van der Waals surface area contributed by atoms with E-state index in [0.29, 0.717) is 11.9 Å². The van der Waals surface area contributed by atoms with E-state index >= 15 is 0 Å². The molecule has 2 N–H and O–H groups in total. The Hall–Kier alpha value is -1.38. The molecule has 0 saturated heterocycles. The zero-order valence-electron chi connectivity index (χ0n) is 14.3. The lowest BCUT2D eigenvalue weighted by Gasteiger charge is -2.19. The number of hydrogen-bond donors (Lipinski definition) is 1. The highest BCUT2D eigenvalue weighted by molar-refractivity contribution is 8.00. The van der Waals surface area contributed by atoms with Crippen LogP contribution in [-0.2, 0) is 21.4 Å². The monoisotopic (exact) mass is 381 g/mol. The lowest BCUT2D eigenvalue weighted by molar-refractivity contribution is -0.119. The van der Waals surface area contributed by atoms with Gasteiger partial charge in [0.1, 0.15) is 5.78 Å². The number of aryl methyl sites for hydroxylation is 1. The number of rotatable bonds is 6. The summed E-state index contributed by atoms with van der Waals surface area (Å²) in [5.74, 6) is 0.288. The van der Waals surface area contributed by atoms with Crippen molar-refractivity contribution in [2.45, 2.75) is 67.3 Å². The van der Waals surface area contributed by atoms with Gasteiger partial charge < -0.3 is 4.57 Å². The number of imidazole rings is 1. The highest BCUT2D eigenvalue weighted by atomic mass is 32.2. The maximum Gasteiger partial charge on any atom is 0.238 e. The Morgan fingerprint density at radius 3 is 2.84 bits per heavy atom. The van der Waals surface area contributed by atoms with E-state index in [1.54, 1.807) is 6.07 Å². The summed E-state index contributed by atoms with van der Waals surface area (Å²) in [5.41, 5.74) is 1.49. The molecule has 1 aromatic carbocycles. The molecular formula is C17H23N3O3S2. The van der Waals surface area contributed by atoms with Gasteiger partial charge in [0.15, 0.2) is 5.16 Å². The molecule has 0 radical (unpaired) electrons. The number of sulfonamides is 1. The fourth-order valence-electron chi connectivity index (χ4n) is 3.09. The Balaban J connectivity index is 2.01. The highest BCUT2D eigenvalue weighted by Crippen LogP contribution is 2.34. The summed E-state index contributed by atoms with van der Waals surface area (Å²) in [6.45, 7) is 2.92. The van der Waals surface area contributed by atoms with Crippen LogP contribution in [0, 0.1) is 0 Å². The van der Waals surface area contributed by atoms with Crippen molar-refractivity contribution in [3.05, 3.63) is 18.2 Å². The Labute approximate surface area is 152 Å². The number of Topliss-reactive ketones (excluding diaryl/α,β-unsaturated/α-hetero) is 1. The van der Waals surface area contributed by atoms with Crippen LogP contribution in [0.15, 0.2) is 28.3 Å². The van der Waals surface area contributed by atoms with E-state index < -0.39 is 10.0 Å². The highest BCUT2D eigenvalue weighted by Gasteiger charge is 2.26. The minimum Gasteiger partial charge on any atom is -0.319 e. The summed E-state index contributed by atoms with van der Waals surface area (Å²) < 4.78 is 25.3. The molecule has 0 amide bonds. The minimum absolute atomic E-state index is 0.0522. The second-order valence-corrected chi connectivity index (χ2v) is 9.14. The third-order valence-electron chi connectivity index (χ3n) is 4.49. The number of aromatic nitrogens is 2. The van der Waals surface area contributed by atoms with Crippen molar-refractivity contribution in [3.63, 3.8) is 0 Å². The second kappa shape index (κ2) is 7.47. The Kier molecular flexibility index (Phi) is 5.50. The first-order valence-electron chi connectivity index (χ1n) is 8.62. The van der Waals surface area contributed by atoms with E-state index in [1.165, 1.54) is 23.9 Å². The number of carbonyl (C=O) groups is 1. The molecular weight excluding hydrogens is 358 g/mol. The lowest BCUT2D eigenvalue weighted by atomic mass is 9.99. The molecule has 8 heteroatoms. The molecule has 1 atom stereocenters. The topological polar surface area (TPSA) is 95.0 Å². The number of benzene rings is 1. The molecule has 6 nitrogen and oxygen atoms in total. The number of hydrogen-bond acceptors (Lipinski definition) is 5. The van der Waals surface area contributed by atoms with Crippen molar-refractivity contribution in [3.8, 4) is 0 Å². The van der Waals surface area contributed by atoms with Gasteiger partial charge in [-0.3, -0.25) is 4.79 Å². The number of primary sulfonamides is 1. The predicted octanol–water partition coefficient (Wildman–Crippen LogP) is 3.09. The molecule has 1 heterocycles. The summed E-state index contributed by atoms with van der Waals surface area (Å²) in [4.78, 5) is 16.9. The fourth-order valence-corrected chi connectivity index (χ4v) is 4.88. The Morgan fingerprint density at radius 2 is 2.16 bits per heavy atom. The van der Waals surface area contributed by atoms with Crippen molar-refractivity contribution in [2.24, 2.45) is 5.14 Å². The van der Waals surface area contributed by atoms with Gasteiger partial charge in [-0.15, -0.1) is 0 Å². The van der Waals surface area contributed by atoms with E-state index in [9.17, 15) is 13.2 Å². The molecule has 1 aliphatic rings. The van der Waals surface area contributed by atoms with Crippen LogP contribution in [0.3, 0.4) is 0 Å². The van der Waals surface area contributed by atoms with Crippen molar-refractivity contribution in [1.29, 1.82) is 0 Å². The van der Waals surface area contributed by atoms with Gasteiger partial charge >= 0.3 is 0 Å². The zero-order chi connectivity index (χ0) is 18.0. The van der Waals surface area contributed by atoms with Gasteiger partial charge in [-0.2, -0.15) is 0 Å². The zero-order valence-corrected chi connectivity index (χ0v) is 15.9. The number of carbonyl (C=O) groups excluding carboxylic acids is 1. The summed E-state index contributed by atoms with van der Waals surface area (Å²) in [6.07, 6.45) is 5.59. The van der Waals surface area contributed by atoms with Crippen molar-refractivity contribution in [1.82, 2.24) is 9.55 Å². The largest absolute Gasteiger partial charge is 0.319 e. The van der Waals surface area contributed by atoms with Gasteiger partial charge in [-0.05, 0) is 37.5 Å². The first-order chi connectivity index (χ1) is 11.9. The number of ketones is 1. The van der Waals surface area contributed by atoms with E-state index in [2.05, 4.69) is 16.5 Å². The fraction of sp³-hybridized carbons (Fsp3) is 0.529. The summed E-state index contributed by atoms with van der Waals surface area (Å²) >= 11 is 1.51. The number of nitrogens with zero attached hydrogens (tertiary/aromatic N) is 2. The first kappa shape index (κ1) is 18.4. The van der Waals surface area contributed by atoms with Crippen molar-refractivity contribution < 1.29 is 13.2 Å². The number of thioether (sulfide) groups is 1. The number of fused-ring (bicyclic) bond motifs is 1. The minimum atomic E-state index is -3.76. The maximum atomic E-state index is 12.2. The molecule has 3 rings (SSSR count). The van der Waals surface area contributed by atoms with Gasteiger partial charge in [0.2, 0.25) is 10.0 Å². The van der Waals surface area contributed by atoms with Crippen LogP contribution in [0.1, 0.15) is 45.4 Å². The molecule has 1 saturated carbocycles. The van der Waals surface area contributed by atoms with Crippen LogP contribution >= 0.6 is 11.8 Å². The second-order valence-electron chi connectivity index (χ2n) is 6.41. The molecule has 1 aliphatic carbocycles. The van der Waals surface area contributed by atoms with Crippen LogP contribution < -0.4 is 5.14 Å². The van der Waals surface area contributed by atoms with Crippen molar-refractivity contribution in [2.75, 3.05) is 0 Å². The lowest BCUT2D eigenvalue weighted by Crippen LogP contribution is -2.21. The first-order valence-corrected chi connectivity index (χ1v) is 11.0. The molecule has 1 fully saturated rings. The molecule has 2 aromatic rings. The maximum absolute atomic E-state index is 12.2. The molecule has 136 valence electrons. The Morgan fingerprint density at radius 1 is 1.36 bits per heavy atom. The van der Waals surface area contributed by atoms with Crippen molar-refractivity contribution >= 4 is 38.6 Å². The van der Waals surface area contributed by atoms with E-state index in [-0.39, 0.29) is 15.9 Å². The standard InChI is InChI=1S/C17H23N3O3S2/c1-2-3-10-20-14-9-8-12(25(18,22)23)11-13(14)19-17(20)24-16-7-5-4-6-15(16)21/h8-9,11,16H,2-7,10H2,1H3,(H2,18,22,23)/t16-/m0/s1. The number of unbranched alkanes of at least 4 members (excludes halogenated alkanes) is 1. The SMILES string of the molecule is CCCCn1c(S[C@H]2CCCCC2=O)nc2cc(S(N)(=O)=O)ccc21. The van der Waals surface area contributed by atoms with Gasteiger partial charge in [0, 0.05) is 13.0 Å².